The monoisotopic (exact) mass is 424 g/mol. The highest BCUT2D eigenvalue weighted by Gasteiger charge is 2.24. The third kappa shape index (κ3) is 5.06. The Bertz CT molecular complexity index is 732. The van der Waals surface area contributed by atoms with Crippen LogP contribution in [-0.2, 0) is 11.3 Å². The van der Waals surface area contributed by atoms with Crippen LogP contribution in [0.25, 0.3) is 0 Å². The van der Waals surface area contributed by atoms with Gasteiger partial charge in [-0.05, 0) is 45.9 Å². The maximum absolute atomic E-state index is 12.0. The number of carbonyl (C=O) groups excluding carboxylic acids is 1. The Morgan fingerprint density at radius 1 is 1.40 bits per heavy atom. The molecule has 6 nitrogen and oxygen atoms in total. The summed E-state index contributed by atoms with van der Waals surface area (Å²) in [5.41, 5.74) is 0.961. The van der Waals surface area contributed by atoms with E-state index in [4.69, 9.17) is 16.3 Å². The van der Waals surface area contributed by atoms with Crippen molar-refractivity contribution in [2.75, 3.05) is 18.0 Å². The van der Waals surface area contributed by atoms with Crippen LogP contribution in [0, 0.1) is 0 Å². The third-order valence-electron chi connectivity index (χ3n) is 3.95. The van der Waals surface area contributed by atoms with Gasteiger partial charge in [0.1, 0.15) is 12.4 Å². The van der Waals surface area contributed by atoms with Crippen molar-refractivity contribution in [2.45, 2.75) is 25.5 Å². The van der Waals surface area contributed by atoms with Gasteiger partial charge in [0.05, 0.1) is 4.47 Å². The Hall–Kier alpha value is -1.86. The maximum atomic E-state index is 12.0. The summed E-state index contributed by atoms with van der Waals surface area (Å²) in [6.45, 7) is 1.76. The van der Waals surface area contributed by atoms with Crippen LogP contribution < -0.4 is 10.2 Å². The van der Waals surface area contributed by atoms with Crippen molar-refractivity contribution >= 4 is 39.4 Å². The van der Waals surface area contributed by atoms with Crippen LogP contribution in [0.15, 0.2) is 41.0 Å². The summed E-state index contributed by atoms with van der Waals surface area (Å²) in [5.74, 6) is 0.740. The zero-order valence-corrected chi connectivity index (χ0v) is 15.8. The Morgan fingerprint density at radius 2 is 2.20 bits per heavy atom. The van der Waals surface area contributed by atoms with Gasteiger partial charge in [-0.2, -0.15) is 4.98 Å². The molecule has 25 heavy (non-hydrogen) atoms. The van der Waals surface area contributed by atoms with Crippen LogP contribution in [0.3, 0.4) is 0 Å². The number of nitrogens with one attached hydrogen (secondary N) is 1. The molecule has 1 aromatic carbocycles. The minimum Gasteiger partial charge on any atom is -0.445 e. The lowest BCUT2D eigenvalue weighted by molar-refractivity contribution is 0.134. The standard InChI is InChI=1S/C17H18BrClN4O2/c18-14-9-20-16(19)22-15(14)23-8-4-7-13(10-23)21-17(24)25-11-12-5-2-1-3-6-12/h1-3,5-6,9,13H,4,7-8,10-11H2,(H,21,24). The lowest BCUT2D eigenvalue weighted by atomic mass is 10.1. The van der Waals surface area contributed by atoms with E-state index in [1.54, 1.807) is 6.20 Å². The van der Waals surface area contributed by atoms with Crippen LogP contribution in [0.2, 0.25) is 5.28 Å². The molecule has 132 valence electrons. The number of halogens is 2. The summed E-state index contributed by atoms with van der Waals surface area (Å²) in [6, 6.07) is 9.61. The van der Waals surface area contributed by atoms with Gasteiger partial charge in [0.2, 0.25) is 5.28 Å². The lowest BCUT2D eigenvalue weighted by Gasteiger charge is -2.34. The molecular formula is C17H18BrClN4O2. The first kappa shape index (κ1) is 17.9. The van der Waals surface area contributed by atoms with Crippen LogP contribution in [-0.4, -0.2) is 35.2 Å². The highest BCUT2D eigenvalue weighted by Crippen LogP contribution is 2.27. The Labute approximate surface area is 159 Å². The van der Waals surface area contributed by atoms with E-state index in [0.717, 1.165) is 35.2 Å². The van der Waals surface area contributed by atoms with Gasteiger partial charge in [-0.3, -0.25) is 0 Å². The Morgan fingerprint density at radius 3 is 3.00 bits per heavy atom. The molecule has 1 amide bonds. The van der Waals surface area contributed by atoms with Gasteiger partial charge >= 0.3 is 6.09 Å². The first-order chi connectivity index (χ1) is 12.1. The Balaban J connectivity index is 1.54. The van der Waals surface area contributed by atoms with Gasteiger partial charge in [0.25, 0.3) is 0 Å². The maximum Gasteiger partial charge on any atom is 0.407 e. The van der Waals surface area contributed by atoms with E-state index in [1.807, 2.05) is 30.3 Å². The average molecular weight is 426 g/mol. The number of ether oxygens (including phenoxy) is 1. The van der Waals surface area contributed by atoms with Gasteiger partial charge in [-0.1, -0.05) is 30.3 Å². The van der Waals surface area contributed by atoms with E-state index < -0.39 is 6.09 Å². The minimum atomic E-state index is -0.407. The highest BCUT2D eigenvalue weighted by molar-refractivity contribution is 9.10. The van der Waals surface area contributed by atoms with E-state index in [9.17, 15) is 4.79 Å². The van der Waals surface area contributed by atoms with E-state index in [-0.39, 0.29) is 17.9 Å². The molecule has 0 spiro atoms. The first-order valence-electron chi connectivity index (χ1n) is 8.02. The topological polar surface area (TPSA) is 67.4 Å². The number of piperidine rings is 1. The average Bonchev–Trinajstić information content (AvgIpc) is 2.63. The molecule has 1 N–H and O–H groups in total. The summed E-state index contributed by atoms with van der Waals surface area (Å²) in [7, 11) is 0. The number of aromatic nitrogens is 2. The summed E-state index contributed by atoms with van der Waals surface area (Å²) in [6.07, 6.45) is 3.07. The SMILES string of the molecule is O=C(NC1CCCN(c2nc(Cl)ncc2Br)C1)OCc1ccccc1. The van der Waals surface area contributed by atoms with Gasteiger partial charge in [-0.25, -0.2) is 9.78 Å². The van der Waals surface area contributed by atoms with Gasteiger partial charge in [0, 0.05) is 25.3 Å². The molecule has 1 fully saturated rings. The van der Waals surface area contributed by atoms with Crippen molar-refractivity contribution < 1.29 is 9.53 Å². The van der Waals surface area contributed by atoms with Gasteiger partial charge in [0.15, 0.2) is 0 Å². The largest absolute Gasteiger partial charge is 0.445 e. The molecule has 1 aromatic heterocycles. The molecule has 1 atom stereocenters. The molecule has 1 aliphatic heterocycles. The second kappa shape index (κ2) is 8.49. The number of anilines is 1. The van der Waals surface area contributed by atoms with Crippen molar-refractivity contribution in [2.24, 2.45) is 0 Å². The molecule has 3 rings (SSSR count). The number of rotatable bonds is 4. The van der Waals surface area contributed by atoms with Crippen molar-refractivity contribution in [3.05, 3.63) is 51.8 Å². The van der Waals surface area contributed by atoms with E-state index in [2.05, 4.69) is 36.1 Å². The van der Waals surface area contributed by atoms with Crippen molar-refractivity contribution in [3.63, 3.8) is 0 Å². The molecule has 0 bridgehead atoms. The molecule has 0 aliphatic carbocycles. The smallest absolute Gasteiger partial charge is 0.407 e. The summed E-state index contributed by atoms with van der Waals surface area (Å²) < 4.78 is 6.07. The Kier molecular flexibility index (Phi) is 6.09. The highest BCUT2D eigenvalue weighted by atomic mass is 79.9. The quantitative estimate of drug-likeness (QED) is 0.755. The molecular weight excluding hydrogens is 408 g/mol. The molecule has 8 heteroatoms. The molecule has 2 heterocycles. The number of hydrogen-bond donors (Lipinski definition) is 1. The van der Waals surface area contributed by atoms with E-state index in [1.165, 1.54) is 0 Å². The molecule has 1 aliphatic rings. The van der Waals surface area contributed by atoms with E-state index >= 15 is 0 Å². The predicted octanol–water partition coefficient (Wildman–Crippen LogP) is 3.79. The molecule has 1 unspecified atom stereocenters. The predicted molar refractivity (Wildman–Crippen MR) is 99.7 cm³/mol. The molecule has 0 radical (unpaired) electrons. The second-order valence-corrected chi connectivity index (χ2v) is 6.99. The first-order valence-corrected chi connectivity index (χ1v) is 9.19. The molecule has 2 aromatic rings. The number of benzene rings is 1. The normalized spacial score (nSPS) is 17.2. The number of amides is 1. The second-order valence-electron chi connectivity index (χ2n) is 5.80. The van der Waals surface area contributed by atoms with Crippen molar-refractivity contribution in [1.29, 1.82) is 0 Å². The molecule has 0 saturated carbocycles. The van der Waals surface area contributed by atoms with Crippen LogP contribution in [0.1, 0.15) is 18.4 Å². The number of nitrogens with zero attached hydrogens (tertiary/aromatic N) is 3. The van der Waals surface area contributed by atoms with Crippen molar-refractivity contribution in [1.82, 2.24) is 15.3 Å². The van der Waals surface area contributed by atoms with Crippen LogP contribution >= 0.6 is 27.5 Å². The zero-order chi connectivity index (χ0) is 17.6. The summed E-state index contributed by atoms with van der Waals surface area (Å²) in [4.78, 5) is 22.3. The van der Waals surface area contributed by atoms with E-state index in [0.29, 0.717) is 6.54 Å². The number of hydrogen-bond acceptors (Lipinski definition) is 5. The fraction of sp³-hybridized carbons (Fsp3) is 0.353. The third-order valence-corrected chi connectivity index (χ3v) is 4.69. The fourth-order valence-corrected chi connectivity index (χ4v) is 3.35. The number of alkyl carbamates (subject to hydrolysis) is 1. The van der Waals surface area contributed by atoms with Gasteiger partial charge in [-0.15, -0.1) is 0 Å². The number of carbonyl (C=O) groups is 1. The zero-order valence-electron chi connectivity index (χ0n) is 13.5. The summed E-state index contributed by atoms with van der Waals surface area (Å²) in [5, 5.41) is 3.13. The fourth-order valence-electron chi connectivity index (χ4n) is 2.78. The van der Waals surface area contributed by atoms with Crippen LogP contribution in [0.5, 0.6) is 0 Å². The summed E-state index contributed by atoms with van der Waals surface area (Å²) >= 11 is 9.35. The minimum absolute atomic E-state index is 0.00216. The lowest BCUT2D eigenvalue weighted by Crippen LogP contribution is -2.48. The van der Waals surface area contributed by atoms with Gasteiger partial charge < -0.3 is 15.0 Å². The van der Waals surface area contributed by atoms with Crippen LogP contribution in [0.4, 0.5) is 10.6 Å². The molecule has 1 saturated heterocycles. The van der Waals surface area contributed by atoms with Crippen molar-refractivity contribution in [3.8, 4) is 0 Å².